The number of fused-ring (bicyclic) bond motifs is 1. The Labute approximate surface area is 122 Å². The molecule has 0 saturated heterocycles. The van der Waals surface area contributed by atoms with Crippen molar-refractivity contribution >= 4 is 5.91 Å². The lowest BCUT2D eigenvalue weighted by atomic mass is 9.99. The average molecular weight is 287 g/mol. The average Bonchev–Trinajstić information content (AvgIpc) is 2.90. The number of ether oxygens (including phenoxy) is 1. The van der Waals surface area contributed by atoms with Gasteiger partial charge in [0.15, 0.2) is 5.69 Å². The minimum Gasteiger partial charge on any atom is -0.369 e. The highest BCUT2D eigenvalue weighted by atomic mass is 16.5. The molecule has 1 aliphatic rings. The molecule has 0 aliphatic carbocycles. The van der Waals surface area contributed by atoms with Crippen LogP contribution in [0.4, 0.5) is 0 Å². The van der Waals surface area contributed by atoms with Gasteiger partial charge < -0.3 is 10.1 Å². The molecule has 7 heteroatoms. The topological polar surface area (TPSA) is 92.8 Å². The lowest BCUT2D eigenvalue weighted by Gasteiger charge is -2.25. The van der Waals surface area contributed by atoms with Crippen LogP contribution in [0.1, 0.15) is 47.4 Å². The highest BCUT2D eigenvalue weighted by Gasteiger charge is 2.29. The minimum absolute atomic E-state index is 0.0715. The molecule has 3 heterocycles. The number of carbonyl (C=O) groups excluding carboxylic acids is 1. The molecule has 0 unspecified atom stereocenters. The Morgan fingerprint density at radius 2 is 2.38 bits per heavy atom. The van der Waals surface area contributed by atoms with Crippen molar-refractivity contribution in [1.82, 2.24) is 25.7 Å². The van der Waals surface area contributed by atoms with E-state index in [2.05, 4.69) is 25.7 Å². The van der Waals surface area contributed by atoms with Crippen LogP contribution in [0, 0.1) is 0 Å². The van der Waals surface area contributed by atoms with Crippen molar-refractivity contribution in [1.29, 1.82) is 0 Å². The molecule has 1 aliphatic heterocycles. The van der Waals surface area contributed by atoms with Crippen LogP contribution >= 0.6 is 0 Å². The summed E-state index contributed by atoms with van der Waals surface area (Å²) in [6.45, 7) is 4.28. The number of nitrogens with one attached hydrogen (secondary N) is 2. The SMILES string of the molecule is C[C@@H]1Cc2c(C(=O)NCc3cccnn3)n[nH]c2[C@H](C)O1. The van der Waals surface area contributed by atoms with Crippen molar-refractivity contribution < 1.29 is 9.53 Å². The maximum atomic E-state index is 12.3. The third-order valence-corrected chi connectivity index (χ3v) is 3.51. The fourth-order valence-electron chi connectivity index (χ4n) is 2.54. The van der Waals surface area contributed by atoms with Gasteiger partial charge in [-0.15, -0.1) is 0 Å². The summed E-state index contributed by atoms with van der Waals surface area (Å²) < 4.78 is 5.71. The first-order chi connectivity index (χ1) is 10.1. The maximum Gasteiger partial charge on any atom is 0.272 e. The number of H-pyrrole nitrogens is 1. The molecule has 2 aromatic heterocycles. The van der Waals surface area contributed by atoms with Crippen molar-refractivity contribution in [2.45, 2.75) is 39.0 Å². The van der Waals surface area contributed by atoms with E-state index >= 15 is 0 Å². The van der Waals surface area contributed by atoms with Gasteiger partial charge in [0, 0.05) is 18.2 Å². The third-order valence-electron chi connectivity index (χ3n) is 3.51. The number of carbonyl (C=O) groups is 1. The van der Waals surface area contributed by atoms with E-state index in [1.807, 2.05) is 19.9 Å². The molecular formula is C14H17N5O2. The van der Waals surface area contributed by atoms with Crippen LogP contribution in [-0.2, 0) is 17.7 Å². The Bertz CT molecular complexity index is 640. The molecule has 0 spiro atoms. The van der Waals surface area contributed by atoms with E-state index in [0.29, 0.717) is 24.4 Å². The summed E-state index contributed by atoms with van der Waals surface area (Å²) in [6, 6.07) is 3.59. The van der Waals surface area contributed by atoms with Gasteiger partial charge in [0.1, 0.15) is 0 Å². The van der Waals surface area contributed by atoms with Gasteiger partial charge in [-0.2, -0.15) is 15.3 Å². The van der Waals surface area contributed by atoms with E-state index in [-0.39, 0.29) is 18.1 Å². The quantitative estimate of drug-likeness (QED) is 0.883. The Kier molecular flexibility index (Phi) is 3.66. The fraction of sp³-hybridized carbons (Fsp3) is 0.429. The number of aromatic nitrogens is 4. The molecule has 2 N–H and O–H groups in total. The summed E-state index contributed by atoms with van der Waals surface area (Å²) in [6.07, 6.45) is 2.29. The molecule has 2 aromatic rings. The Hall–Kier alpha value is -2.28. The van der Waals surface area contributed by atoms with Gasteiger partial charge in [-0.1, -0.05) is 0 Å². The predicted octanol–water partition coefficient (Wildman–Crippen LogP) is 1.15. The van der Waals surface area contributed by atoms with Crippen molar-refractivity contribution in [2.75, 3.05) is 0 Å². The van der Waals surface area contributed by atoms with E-state index in [1.165, 1.54) is 0 Å². The standard InChI is InChI=1S/C14H17N5O2/c1-8-6-11-12(9(2)21-8)18-19-13(11)14(20)15-7-10-4-3-5-16-17-10/h3-5,8-9H,6-7H2,1-2H3,(H,15,20)(H,18,19)/t8-,9+/m1/s1. The zero-order chi connectivity index (χ0) is 14.8. The van der Waals surface area contributed by atoms with Crippen LogP contribution in [0.5, 0.6) is 0 Å². The van der Waals surface area contributed by atoms with E-state index < -0.39 is 0 Å². The molecule has 7 nitrogen and oxygen atoms in total. The van der Waals surface area contributed by atoms with Gasteiger partial charge in [-0.25, -0.2) is 0 Å². The molecule has 3 rings (SSSR count). The lowest BCUT2D eigenvalue weighted by Crippen LogP contribution is -2.27. The van der Waals surface area contributed by atoms with Crippen LogP contribution < -0.4 is 5.32 Å². The molecule has 0 radical (unpaired) electrons. The largest absolute Gasteiger partial charge is 0.369 e. The first-order valence-electron chi connectivity index (χ1n) is 6.92. The van der Waals surface area contributed by atoms with Crippen LogP contribution in [0.3, 0.4) is 0 Å². The molecule has 1 amide bonds. The highest BCUT2D eigenvalue weighted by Crippen LogP contribution is 2.29. The summed E-state index contributed by atoms with van der Waals surface area (Å²) >= 11 is 0. The summed E-state index contributed by atoms with van der Waals surface area (Å²) in [5, 5.41) is 17.6. The fourth-order valence-corrected chi connectivity index (χ4v) is 2.54. The molecule has 0 aromatic carbocycles. The molecule has 110 valence electrons. The highest BCUT2D eigenvalue weighted by molar-refractivity contribution is 5.94. The van der Waals surface area contributed by atoms with Crippen molar-refractivity contribution in [3.8, 4) is 0 Å². The van der Waals surface area contributed by atoms with Crippen molar-refractivity contribution in [3.05, 3.63) is 41.0 Å². The third kappa shape index (κ3) is 2.78. The monoisotopic (exact) mass is 287 g/mol. The van der Waals surface area contributed by atoms with Crippen LogP contribution in [0.15, 0.2) is 18.3 Å². The van der Waals surface area contributed by atoms with Crippen LogP contribution in [0.2, 0.25) is 0 Å². The zero-order valence-electron chi connectivity index (χ0n) is 12.0. The summed E-state index contributed by atoms with van der Waals surface area (Å²) in [4.78, 5) is 12.3. The normalized spacial score (nSPS) is 20.9. The second-order valence-electron chi connectivity index (χ2n) is 5.16. The lowest BCUT2D eigenvalue weighted by molar-refractivity contribution is -0.00697. The number of hydrogen-bond acceptors (Lipinski definition) is 5. The second-order valence-corrected chi connectivity index (χ2v) is 5.16. The van der Waals surface area contributed by atoms with Gasteiger partial charge in [-0.3, -0.25) is 9.89 Å². The number of aromatic amines is 1. The molecule has 0 fully saturated rings. The Morgan fingerprint density at radius 3 is 3.14 bits per heavy atom. The minimum atomic E-state index is -0.209. The van der Waals surface area contributed by atoms with Gasteiger partial charge in [0.05, 0.1) is 30.1 Å². The molecule has 0 saturated carbocycles. The molecule has 0 bridgehead atoms. The van der Waals surface area contributed by atoms with Crippen LogP contribution in [0.25, 0.3) is 0 Å². The van der Waals surface area contributed by atoms with E-state index in [4.69, 9.17) is 4.74 Å². The number of hydrogen-bond donors (Lipinski definition) is 2. The summed E-state index contributed by atoms with van der Waals surface area (Å²) in [7, 11) is 0. The predicted molar refractivity (Wildman–Crippen MR) is 74.5 cm³/mol. The van der Waals surface area contributed by atoms with Gasteiger partial charge in [0.2, 0.25) is 0 Å². The van der Waals surface area contributed by atoms with Crippen molar-refractivity contribution in [3.63, 3.8) is 0 Å². The van der Waals surface area contributed by atoms with Gasteiger partial charge >= 0.3 is 0 Å². The maximum absolute atomic E-state index is 12.3. The van der Waals surface area contributed by atoms with Crippen molar-refractivity contribution in [2.24, 2.45) is 0 Å². The second kappa shape index (κ2) is 5.61. The molecular weight excluding hydrogens is 270 g/mol. The van der Waals surface area contributed by atoms with E-state index in [9.17, 15) is 4.79 Å². The first kappa shape index (κ1) is 13.7. The zero-order valence-corrected chi connectivity index (χ0v) is 12.0. The van der Waals surface area contributed by atoms with Gasteiger partial charge in [-0.05, 0) is 26.0 Å². The number of amides is 1. The molecule has 21 heavy (non-hydrogen) atoms. The van der Waals surface area contributed by atoms with Gasteiger partial charge in [0.25, 0.3) is 5.91 Å². The van der Waals surface area contributed by atoms with E-state index in [1.54, 1.807) is 12.3 Å². The summed E-state index contributed by atoms with van der Waals surface area (Å²) in [5.41, 5.74) is 2.98. The Morgan fingerprint density at radius 1 is 1.52 bits per heavy atom. The van der Waals surface area contributed by atoms with Crippen LogP contribution in [-0.4, -0.2) is 32.4 Å². The first-order valence-corrected chi connectivity index (χ1v) is 6.92. The number of rotatable bonds is 3. The number of nitrogens with zero attached hydrogens (tertiary/aromatic N) is 3. The smallest absolute Gasteiger partial charge is 0.272 e. The van der Waals surface area contributed by atoms with E-state index in [0.717, 1.165) is 11.3 Å². The Balaban J connectivity index is 1.74. The molecule has 2 atom stereocenters. The summed E-state index contributed by atoms with van der Waals surface area (Å²) in [5.74, 6) is -0.209.